The standard InChI is InChI=1S/C13H24N6/c1-9-5-7-19(8-6-9)10(2)11-15-12(14)17-13(16-11)18(3)4/h9-10H,5-8H2,1-4H3,(H2,14,15,16,17)/t10-/m1/s1. The topological polar surface area (TPSA) is 71.2 Å². The molecule has 1 aliphatic heterocycles. The summed E-state index contributed by atoms with van der Waals surface area (Å²) in [6.07, 6.45) is 2.48. The number of nitrogen functional groups attached to an aromatic ring is 1. The highest BCUT2D eigenvalue weighted by atomic mass is 15.3. The van der Waals surface area contributed by atoms with Crippen LogP contribution in [0.25, 0.3) is 0 Å². The van der Waals surface area contributed by atoms with Crippen molar-refractivity contribution in [2.24, 2.45) is 5.92 Å². The molecule has 1 aromatic heterocycles. The van der Waals surface area contributed by atoms with E-state index in [0.29, 0.717) is 11.9 Å². The summed E-state index contributed by atoms with van der Waals surface area (Å²) in [5, 5.41) is 0. The van der Waals surface area contributed by atoms with E-state index < -0.39 is 0 Å². The fraction of sp³-hybridized carbons (Fsp3) is 0.769. The second-order valence-corrected chi connectivity index (χ2v) is 5.64. The van der Waals surface area contributed by atoms with Gasteiger partial charge in [0.15, 0.2) is 5.82 Å². The summed E-state index contributed by atoms with van der Waals surface area (Å²) in [6.45, 7) is 6.66. The van der Waals surface area contributed by atoms with E-state index in [1.54, 1.807) is 0 Å². The molecule has 0 unspecified atom stereocenters. The Balaban J connectivity index is 2.16. The lowest BCUT2D eigenvalue weighted by Gasteiger charge is -2.34. The minimum atomic E-state index is 0.191. The van der Waals surface area contributed by atoms with Crippen LogP contribution in [0.2, 0.25) is 0 Å². The molecular formula is C13H24N6. The first kappa shape index (κ1) is 14.0. The normalized spacial score (nSPS) is 19.4. The molecule has 1 saturated heterocycles. The second-order valence-electron chi connectivity index (χ2n) is 5.64. The van der Waals surface area contributed by atoms with Crippen molar-refractivity contribution in [1.82, 2.24) is 19.9 Å². The van der Waals surface area contributed by atoms with Gasteiger partial charge in [-0.2, -0.15) is 15.0 Å². The Labute approximate surface area is 115 Å². The molecule has 6 heteroatoms. The van der Waals surface area contributed by atoms with Gasteiger partial charge in [0.25, 0.3) is 0 Å². The molecule has 0 aromatic carbocycles. The first-order chi connectivity index (χ1) is 8.97. The number of nitrogens with two attached hydrogens (primary N) is 1. The smallest absolute Gasteiger partial charge is 0.229 e. The number of hydrogen-bond donors (Lipinski definition) is 1. The largest absolute Gasteiger partial charge is 0.368 e. The van der Waals surface area contributed by atoms with Gasteiger partial charge in [0.2, 0.25) is 11.9 Å². The van der Waals surface area contributed by atoms with E-state index in [2.05, 4.69) is 33.7 Å². The van der Waals surface area contributed by atoms with Crippen LogP contribution in [0.1, 0.15) is 38.6 Å². The first-order valence-electron chi connectivity index (χ1n) is 6.90. The van der Waals surface area contributed by atoms with Crippen LogP contribution in [0, 0.1) is 5.92 Å². The molecule has 19 heavy (non-hydrogen) atoms. The number of rotatable bonds is 3. The molecule has 0 bridgehead atoms. The predicted molar refractivity (Wildman–Crippen MR) is 77.0 cm³/mol. The molecule has 0 aliphatic carbocycles. The lowest BCUT2D eigenvalue weighted by atomic mass is 9.98. The molecule has 0 spiro atoms. The third-order valence-electron chi connectivity index (χ3n) is 3.80. The highest BCUT2D eigenvalue weighted by Crippen LogP contribution is 2.25. The molecule has 2 rings (SSSR count). The monoisotopic (exact) mass is 264 g/mol. The quantitative estimate of drug-likeness (QED) is 0.887. The Kier molecular flexibility index (Phi) is 4.19. The van der Waals surface area contributed by atoms with Gasteiger partial charge in [0, 0.05) is 14.1 Å². The van der Waals surface area contributed by atoms with Crippen LogP contribution >= 0.6 is 0 Å². The Bertz CT molecular complexity index is 425. The number of nitrogens with zero attached hydrogens (tertiary/aromatic N) is 5. The highest BCUT2D eigenvalue weighted by molar-refractivity contribution is 5.33. The minimum absolute atomic E-state index is 0.191. The van der Waals surface area contributed by atoms with Gasteiger partial charge in [-0.3, -0.25) is 4.90 Å². The fourth-order valence-corrected chi connectivity index (χ4v) is 2.36. The van der Waals surface area contributed by atoms with E-state index in [4.69, 9.17) is 5.73 Å². The van der Waals surface area contributed by atoms with Gasteiger partial charge in [-0.15, -0.1) is 0 Å². The average Bonchev–Trinajstić information content (AvgIpc) is 2.38. The molecule has 106 valence electrons. The van der Waals surface area contributed by atoms with Crippen LogP contribution in [0.5, 0.6) is 0 Å². The maximum atomic E-state index is 5.78. The molecule has 2 heterocycles. The van der Waals surface area contributed by atoms with E-state index in [1.807, 2.05) is 19.0 Å². The average molecular weight is 264 g/mol. The van der Waals surface area contributed by atoms with E-state index in [0.717, 1.165) is 24.8 Å². The van der Waals surface area contributed by atoms with E-state index in [1.165, 1.54) is 12.8 Å². The van der Waals surface area contributed by atoms with Crippen LogP contribution in [0.3, 0.4) is 0 Å². The fourth-order valence-electron chi connectivity index (χ4n) is 2.36. The van der Waals surface area contributed by atoms with Crippen LogP contribution in [-0.4, -0.2) is 47.0 Å². The summed E-state index contributed by atoms with van der Waals surface area (Å²) in [7, 11) is 3.82. The zero-order valence-electron chi connectivity index (χ0n) is 12.3. The first-order valence-corrected chi connectivity index (χ1v) is 6.90. The van der Waals surface area contributed by atoms with Gasteiger partial charge in [0.05, 0.1) is 6.04 Å². The van der Waals surface area contributed by atoms with Gasteiger partial charge in [-0.25, -0.2) is 0 Å². The maximum Gasteiger partial charge on any atom is 0.229 e. The minimum Gasteiger partial charge on any atom is -0.368 e. The van der Waals surface area contributed by atoms with E-state index in [9.17, 15) is 0 Å². The van der Waals surface area contributed by atoms with Crippen molar-refractivity contribution in [3.05, 3.63) is 5.82 Å². The van der Waals surface area contributed by atoms with Crippen LogP contribution < -0.4 is 10.6 Å². The van der Waals surface area contributed by atoms with Crippen molar-refractivity contribution in [2.75, 3.05) is 37.8 Å². The molecule has 0 saturated carbocycles. The zero-order valence-corrected chi connectivity index (χ0v) is 12.3. The summed E-state index contributed by atoms with van der Waals surface area (Å²) >= 11 is 0. The van der Waals surface area contributed by atoms with Crippen molar-refractivity contribution in [2.45, 2.75) is 32.7 Å². The Morgan fingerprint density at radius 1 is 1.21 bits per heavy atom. The molecule has 1 atom stereocenters. The number of anilines is 2. The molecule has 1 aliphatic rings. The van der Waals surface area contributed by atoms with Gasteiger partial charge in [0.1, 0.15) is 0 Å². The predicted octanol–water partition coefficient (Wildman–Crippen LogP) is 1.31. The van der Waals surface area contributed by atoms with Gasteiger partial charge in [-0.1, -0.05) is 6.92 Å². The number of piperidine rings is 1. The Morgan fingerprint density at radius 2 is 1.84 bits per heavy atom. The third kappa shape index (κ3) is 3.32. The SMILES string of the molecule is CC1CCN([C@H](C)c2nc(N)nc(N(C)C)n2)CC1. The number of likely N-dealkylation sites (tertiary alicyclic amines) is 1. The summed E-state index contributed by atoms with van der Waals surface area (Å²) < 4.78 is 0. The zero-order chi connectivity index (χ0) is 14.0. The van der Waals surface area contributed by atoms with E-state index >= 15 is 0 Å². The molecule has 6 nitrogen and oxygen atoms in total. The van der Waals surface area contributed by atoms with Gasteiger partial charge >= 0.3 is 0 Å². The Morgan fingerprint density at radius 3 is 2.42 bits per heavy atom. The van der Waals surface area contributed by atoms with Crippen molar-refractivity contribution in [3.63, 3.8) is 0 Å². The van der Waals surface area contributed by atoms with Crippen molar-refractivity contribution in [3.8, 4) is 0 Å². The molecule has 2 N–H and O–H groups in total. The summed E-state index contributed by atoms with van der Waals surface area (Å²) in [4.78, 5) is 17.2. The van der Waals surface area contributed by atoms with E-state index in [-0.39, 0.29) is 6.04 Å². The van der Waals surface area contributed by atoms with Crippen molar-refractivity contribution >= 4 is 11.9 Å². The van der Waals surface area contributed by atoms with Crippen molar-refractivity contribution in [1.29, 1.82) is 0 Å². The van der Waals surface area contributed by atoms with Crippen LogP contribution in [0.15, 0.2) is 0 Å². The van der Waals surface area contributed by atoms with Gasteiger partial charge in [-0.05, 0) is 38.8 Å². The number of hydrogen-bond acceptors (Lipinski definition) is 6. The maximum absolute atomic E-state index is 5.78. The van der Waals surface area contributed by atoms with Crippen LogP contribution in [0.4, 0.5) is 11.9 Å². The third-order valence-corrected chi connectivity index (χ3v) is 3.80. The number of aromatic nitrogens is 3. The lowest BCUT2D eigenvalue weighted by molar-refractivity contribution is 0.142. The molecule has 0 radical (unpaired) electrons. The van der Waals surface area contributed by atoms with Crippen molar-refractivity contribution < 1.29 is 0 Å². The molecule has 1 aromatic rings. The summed E-state index contributed by atoms with van der Waals surface area (Å²) in [6, 6.07) is 0.191. The molecule has 1 fully saturated rings. The summed E-state index contributed by atoms with van der Waals surface area (Å²) in [5.74, 6) is 2.51. The summed E-state index contributed by atoms with van der Waals surface area (Å²) in [5.41, 5.74) is 5.78. The molecule has 0 amide bonds. The highest BCUT2D eigenvalue weighted by Gasteiger charge is 2.24. The Hall–Kier alpha value is -1.43. The van der Waals surface area contributed by atoms with Crippen LogP contribution in [-0.2, 0) is 0 Å². The van der Waals surface area contributed by atoms with Gasteiger partial charge < -0.3 is 10.6 Å². The lowest BCUT2D eigenvalue weighted by Crippen LogP contribution is -2.36. The molecular weight excluding hydrogens is 240 g/mol. The second kappa shape index (κ2) is 5.69.